The van der Waals surface area contributed by atoms with Crippen molar-refractivity contribution in [3.05, 3.63) is 58.7 Å². The third kappa shape index (κ3) is 7.26. The van der Waals surface area contributed by atoms with E-state index in [9.17, 15) is 4.79 Å². The lowest BCUT2D eigenvalue weighted by Gasteiger charge is -2.29. The highest BCUT2D eigenvalue weighted by Crippen LogP contribution is 2.36. The van der Waals surface area contributed by atoms with E-state index in [1.807, 2.05) is 0 Å². The molecule has 3 atom stereocenters. The third-order valence-electron chi connectivity index (χ3n) is 7.84. The molecule has 0 bridgehead atoms. The minimum Gasteiger partial charge on any atom is -0.491 e. The highest BCUT2D eigenvalue weighted by molar-refractivity contribution is 5.71. The van der Waals surface area contributed by atoms with Crippen LogP contribution in [0.15, 0.2) is 36.4 Å². The minimum atomic E-state index is -0.0852. The van der Waals surface area contributed by atoms with Crippen LogP contribution in [0.1, 0.15) is 79.5 Å². The normalized spacial score (nSPS) is 25.3. The van der Waals surface area contributed by atoms with Gasteiger partial charge in [0.25, 0.3) is 0 Å². The molecular formula is C31H40O6. The van der Waals surface area contributed by atoms with Crippen molar-refractivity contribution >= 4 is 5.97 Å². The summed E-state index contributed by atoms with van der Waals surface area (Å²) in [5.74, 6) is 2.40. The van der Waals surface area contributed by atoms with Gasteiger partial charge in [0.1, 0.15) is 43.0 Å². The van der Waals surface area contributed by atoms with Crippen molar-refractivity contribution in [2.75, 3.05) is 26.4 Å². The van der Waals surface area contributed by atoms with Crippen LogP contribution in [0.4, 0.5) is 0 Å². The topological polar surface area (TPSA) is 69.8 Å². The van der Waals surface area contributed by atoms with E-state index >= 15 is 0 Å². The lowest BCUT2D eigenvalue weighted by Crippen LogP contribution is -2.24. The van der Waals surface area contributed by atoms with Gasteiger partial charge in [-0.1, -0.05) is 31.2 Å². The Bertz CT molecular complexity index is 1020. The van der Waals surface area contributed by atoms with Gasteiger partial charge >= 0.3 is 5.97 Å². The average molecular weight is 509 g/mol. The lowest BCUT2D eigenvalue weighted by molar-refractivity contribution is -0.151. The molecule has 0 N–H and O–H groups in total. The Kier molecular flexibility index (Phi) is 8.36. The summed E-state index contributed by atoms with van der Waals surface area (Å²) >= 11 is 0. The van der Waals surface area contributed by atoms with Gasteiger partial charge in [-0.2, -0.15) is 0 Å². The summed E-state index contributed by atoms with van der Waals surface area (Å²) in [6.45, 7) is 9.12. The number of rotatable bonds is 12. The Morgan fingerprint density at radius 3 is 2.08 bits per heavy atom. The summed E-state index contributed by atoms with van der Waals surface area (Å²) in [5, 5.41) is 0. The molecule has 0 spiro atoms. The molecule has 1 saturated carbocycles. The van der Waals surface area contributed by atoms with Crippen LogP contribution >= 0.6 is 0 Å². The summed E-state index contributed by atoms with van der Waals surface area (Å²) in [4.78, 5) is 12.9. The Hall–Kier alpha value is -2.57. The number of ether oxygens (including phenoxy) is 5. The van der Waals surface area contributed by atoms with Gasteiger partial charge in [-0.25, -0.2) is 0 Å². The van der Waals surface area contributed by atoms with E-state index in [2.05, 4.69) is 57.2 Å². The molecular weight excluding hydrogens is 468 g/mol. The number of carbonyl (C=O) groups is 1. The van der Waals surface area contributed by atoms with Crippen LogP contribution in [0.2, 0.25) is 0 Å². The summed E-state index contributed by atoms with van der Waals surface area (Å²) in [6, 6.07) is 12.8. The number of carbonyl (C=O) groups excluding carboxylic acids is 1. The van der Waals surface area contributed by atoms with Crippen LogP contribution < -0.4 is 9.47 Å². The molecule has 200 valence electrons. The summed E-state index contributed by atoms with van der Waals surface area (Å²) in [5.41, 5.74) is 4.74. The molecule has 5 rings (SSSR count). The van der Waals surface area contributed by atoms with E-state index in [4.69, 9.17) is 23.7 Å². The van der Waals surface area contributed by atoms with Gasteiger partial charge in [0.2, 0.25) is 0 Å². The third-order valence-corrected chi connectivity index (χ3v) is 7.84. The van der Waals surface area contributed by atoms with Crippen molar-refractivity contribution in [3.8, 4) is 11.5 Å². The second-order valence-electron chi connectivity index (χ2n) is 10.9. The van der Waals surface area contributed by atoms with Gasteiger partial charge in [0.05, 0.1) is 19.6 Å². The maximum absolute atomic E-state index is 12.9. The standard InChI is InChI=1S/C31H40O6/c1-4-22(25-13-20(2)31(21(3)14-25)36-19-29-18-35-29)15-30(32)37-27-11-7-24(8-12-27)23-5-9-26(10-6-23)33-16-28-17-34-28/h5-6,9-10,13-14,22,24,27-29H,4,7-8,11-12,15-19H2,1-3H3. The van der Waals surface area contributed by atoms with E-state index in [-0.39, 0.29) is 30.2 Å². The van der Waals surface area contributed by atoms with Gasteiger partial charge in [-0.3, -0.25) is 4.79 Å². The highest BCUT2D eigenvalue weighted by Gasteiger charge is 2.27. The molecule has 2 aromatic carbocycles. The van der Waals surface area contributed by atoms with Crippen LogP contribution in [0.3, 0.4) is 0 Å². The van der Waals surface area contributed by atoms with Gasteiger partial charge in [0.15, 0.2) is 0 Å². The number of epoxide rings is 2. The molecule has 2 saturated heterocycles. The van der Waals surface area contributed by atoms with Gasteiger partial charge in [-0.05, 0) is 92.2 Å². The van der Waals surface area contributed by atoms with Crippen molar-refractivity contribution in [1.82, 2.24) is 0 Å². The zero-order valence-electron chi connectivity index (χ0n) is 22.4. The lowest BCUT2D eigenvalue weighted by atomic mass is 9.82. The molecule has 2 heterocycles. The first kappa shape index (κ1) is 26.1. The number of aryl methyl sites for hydroxylation is 2. The first-order valence-corrected chi connectivity index (χ1v) is 13.9. The van der Waals surface area contributed by atoms with Crippen molar-refractivity contribution in [3.63, 3.8) is 0 Å². The van der Waals surface area contributed by atoms with Crippen molar-refractivity contribution in [2.45, 2.75) is 89.4 Å². The molecule has 3 unspecified atom stereocenters. The fourth-order valence-electron chi connectivity index (χ4n) is 5.42. The zero-order valence-corrected chi connectivity index (χ0v) is 22.4. The number of hydrogen-bond donors (Lipinski definition) is 0. The van der Waals surface area contributed by atoms with Gasteiger partial charge in [0, 0.05) is 0 Å². The van der Waals surface area contributed by atoms with Crippen LogP contribution in [-0.2, 0) is 19.0 Å². The second kappa shape index (κ2) is 11.9. The SMILES string of the molecule is CCC(CC(=O)OC1CCC(c2ccc(OCC3CO3)cc2)CC1)c1cc(C)c(OCC2CO2)c(C)c1. The average Bonchev–Trinajstić information content (AvgIpc) is 3.82. The number of esters is 1. The van der Waals surface area contributed by atoms with Crippen molar-refractivity contribution in [2.24, 2.45) is 0 Å². The van der Waals surface area contributed by atoms with Crippen molar-refractivity contribution in [1.29, 1.82) is 0 Å². The number of benzene rings is 2. The van der Waals surface area contributed by atoms with Gasteiger partial charge in [-0.15, -0.1) is 0 Å². The van der Waals surface area contributed by atoms with Crippen LogP contribution in [0.25, 0.3) is 0 Å². The Balaban J connectivity index is 1.08. The summed E-state index contributed by atoms with van der Waals surface area (Å²) in [7, 11) is 0. The van der Waals surface area contributed by atoms with Crippen LogP contribution in [0, 0.1) is 13.8 Å². The Morgan fingerprint density at radius 1 is 0.919 bits per heavy atom. The Labute approximate surface area is 220 Å². The molecule has 2 aliphatic heterocycles. The fourth-order valence-corrected chi connectivity index (χ4v) is 5.42. The van der Waals surface area contributed by atoms with E-state index in [0.717, 1.165) is 67.9 Å². The largest absolute Gasteiger partial charge is 0.491 e. The molecule has 0 radical (unpaired) electrons. The Morgan fingerprint density at radius 2 is 1.51 bits per heavy atom. The van der Waals surface area contributed by atoms with E-state index in [1.54, 1.807) is 0 Å². The first-order valence-electron chi connectivity index (χ1n) is 13.9. The maximum Gasteiger partial charge on any atom is 0.306 e. The first-order chi connectivity index (χ1) is 18.0. The fraction of sp³-hybridized carbons (Fsp3) is 0.581. The van der Waals surface area contributed by atoms with Crippen molar-refractivity contribution < 1.29 is 28.5 Å². The van der Waals surface area contributed by atoms with E-state index in [1.165, 1.54) is 11.1 Å². The predicted octanol–water partition coefficient (Wildman–Crippen LogP) is 6.01. The second-order valence-corrected chi connectivity index (χ2v) is 10.9. The maximum atomic E-state index is 12.9. The molecule has 2 aromatic rings. The monoisotopic (exact) mass is 508 g/mol. The predicted molar refractivity (Wildman–Crippen MR) is 142 cm³/mol. The zero-order chi connectivity index (χ0) is 25.8. The molecule has 3 fully saturated rings. The van der Waals surface area contributed by atoms with Crippen LogP contribution in [0.5, 0.6) is 11.5 Å². The molecule has 6 nitrogen and oxygen atoms in total. The highest BCUT2D eigenvalue weighted by atomic mass is 16.6. The quantitative estimate of drug-likeness (QED) is 0.258. The molecule has 3 aliphatic rings. The molecule has 1 aliphatic carbocycles. The number of hydrogen-bond acceptors (Lipinski definition) is 6. The molecule has 0 aromatic heterocycles. The van der Waals surface area contributed by atoms with E-state index < -0.39 is 0 Å². The summed E-state index contributed by atoms with van der Waals surface area (Å²) < 4.78 is 28.1. The van der Waals surface area contributed by atoms with Crippen LogP contribution in [-0.4, -0.2) is 50.7 Å². The van der Waals surface area contributed by atoms with Gasteiger partial charge < -0.3 is 23.7 Å². The minimum absolute atomic E-state index is 0.0197. The van der Waals surface area contributed by atoms with E-state index in [0.29, 0.717) is 25.6 Å². The summed E-state index contributed by atoms with van der Waals surface area (Å²) in [6.07, 6.45) is 5.74. The molecule has 37 heavy (non-hydrogen) atoms. The smallest absolute Gasteiger partial charge is 0.306 e. The molecule has 0 amide bonds. The molecule has 6 heteroatoms.